The van der Waals surface area contributed by atoms with Gasteiger partial charge in [0.25, 0.3) is 0 Å². The molecule has 1 aliphatic heterocycles. The molecule has 0 radical (unpaired) electrons. The minimum Gasteiger partial charge on any atom is -0.457 e. The predicted octanol–water partition coefficient (Wildman–Crippen LogP) is 12.3. The molecule has 1 rings (SSSR count). The fourth-order valence-corrected chi connectivity index (χ4v) is 7.48. The molecule has 0 aromatic carbocycles. The second kappa shape index (κ2) is 44.1. The van der Waals surface area contributed by atoms with Crippen molar-refractivity contribution in [3.63, 3.8) is 0 Å². The zero-order valence-corrected chi connectivity index (χ0v) is 39.6. The summed E-state index contributed by atoms with van der Waals surface area (Å²) in [4.78, 5) is 12.8. The number of hydrogen-bond acceptors (Lipinski definition) is 9. The number of rotatable bonds is 43. The fourth-order valence-electron chi connectivity index (χ4n) is 7.48. The molecule has 0 aliphatic carbocycles. The highest BCUT2D eigenvalue weighted by Crippen LogP contribution is 2.23. The van der Waals surface area contributed by atoms with Crippen LogP contribution in [0.1, 0.15) is 206 Å². The third kappa shape index (κ3) is 34.3. The molecule has 0 aromatic rings. The van der Waals surface area contributed by atoms with Crippen LogP contribution in [0.15, 0.2) is 60.8 Å². The van der Waals surface area contributed by atoms with Gasteiger partial charge >= 0.3 is 5.97 Å². The van der Waals surface area contributed by atoms with E-state index in [0.717, 1.165) is 70.6 Å². The number of aliphatic hydroxyl groups is 4. The summed E-state index contributed by atoms with van der Waals surface area (Å²) in [5.41, 5.74) is 0. The van der Waals surface area contributed by atoms with Crippen LogP contribution in [-0.2, 0) is 23.7 Å². The second-order valence-electron chi connectivity index (χ2n) is 17.2. The molecule has 4 N–H and O–H groups in total. The molecule has 1 heterocycles. The molecule has 1 fully saturated rings. The molecule has 360 valence electrons. The summed E-state index contributed by atoms with van der Waals surface area (Å²) in [6.45, 7) is 4.41. The van der Waals surface area contributed by atoms with E-state index in [1.165, 1.54) is 116 Å². The number of hydrogen-bond donors (Lipinski definition) is 4. The maximum atomic E-state index is 12.8. The van der Waals surface area contributed by atoms with Gasteiger partial charge in [-0.25, -0.2) is 0 Å². The van der Waals surface area contributed by atoms with Gasteiger partial charge in [0.1, 0.15) is 30.5 Å². The molecule has 9 nitrogen and oxygen atoms in total. The molecule has 0 spiro atoms. The van der Waals surface area contributed by atoms with Gasteiger partial charge in [-0.05, 0) is 77.0 Å². The van der Waals surface area contributed by atoms with Crippen LogP contribution in [0.2, 0.25) is 0 Å². The van der Waals surface area contributed by atoms with Crippen LogP contribution in [0.3, 0.4) is 0 Å². The summed E-state index contributed by atoms with van der Waals surface area (Å²) in [6, 6.07) is 0. The first-order valence-electron chi connectivity index (χ1n) is 25.4. The van der Waals surface area contributed by atoms with Crippen LogP contribution in [-0.4, -0.2) is 89.6 Å². The van der Waals surface area contributed by atoms with Crippen LogP contribution in [0.5, 0.6) is 0 Å². The first-order valence-corrected chi connectivity index (χ1v) is 25.4. The van der Waals surface area contributed by atoms with Crippen molar-refractivity contribution in [1.82, 2.24) is 0 Å². The number of carbonyl (C=O) groups is 1. The number of aliphatic hydroxyl groups excluding tert-OH is 4. The maximum absolute atomic E-state index is 12.8. The Morgan fingerprint density at radius 3 is 1.50 bits per heavy atom. The molecular weight excluding hydrogens is 781 g/mol. The number of allylic oxidation sites excluding steroid dienone is 10. The normalized spacial score (nSPS) is 20.3. The summed E-state index contributed by atoms with van der Waals surface area (Å²) in [6.07, 6.45) is 49.6. The Labute approximate surface area is 379 Å². The Bertz CT molecular complexity index is 1130. The summed E-state index contributed by atoms with van der Waals surface area (Å²) < 4.78 is 22.9. The van der Waals surface area contributed by atoms with E-state index in [4.69, 9.17) is 18.9 Å². The average Bonchev–Trinajstić information content (AvgIpc) is 3.27. The smallest absolute Gasteiger partial charge is 0.306 e. The Hall–Kier alpha value is -2.11. The second-order valence-corrected chi connectivity index (χ2v) is 17.2. The van der Waals surface area contributed by atoms with Crippen LogP contribution in [0, 0.1) is 0 Å². The van der Waals surface area contributed by atoms with Gasteiger partial charge in [0.15, 0.2) is 6.29 Å². The van der Waals surface area contributed by atoms with E-state index in [-0.39, 0.29) is 19.2 Å². The standard InChI is InChI=1S/C53H94O9/c1-3-5-7-9-11-13-15-17-19-21-23-24-25-26-28-30-32-34-36-38-40-42-49(55)61-47(46-60-53-52(58)51(57)50(56)48(44-54)62-53)45-59-43-41-39-37-35-33-31-29-27-22-20-18-16-14-12-10-8-6-4-2/h6,8,12,14,18,20-21,23,27,29,47-48,50-54,56-58H,3-5,7,9-11,13,15-17,19,22,24-26,28,30-46H2,1-2H3/b8-6-,14-12-,20-18-,23-21-,29-27-. The van der Waals surface area contributed by atoms with E-state index in [9.17, 15) is 25.2 Å². The lowest BCUT2D eigenvalue weighted by Gasteiger charge is -2.39. The van der Waals surface area contributed by atoms with Gasteiger partial charge in [-0.3, -0.25) is 4.79 Å². The molecule has 1 saturated heterocycles. The summed E-state index contributed by atoms with van der Waals surface area (Å²) in [5, 5.41) is 40.2. The largest absolute Gasteiger partial charge is 0.457 e. The fraction of sp³-hybridized carbons (Fsp3) is 0.792. The SMILES string of the molecule is CC/C=C\C/C=C\C/C=C\C/C=C\CCCCCCCOCC(COC1OC(CO)C(O)C(O)C1O)OC(=O)CCCCCCCCCCC/C=C\CCCCCCCCCC. The lowest BCUT2D eigenvalue weighted by Crippen LogP contribution is -2.59. The van der Waals surface area contributed by atoms with Gasteiger partial charge in [0.2, 0.25) is 0 Å². The minimum absolute atomic E-state index is 0.124. The third-order valence-corrected chi connectivity index (χ3v) is 11.4. The third-order valence-electron chi connectivity index (χ3n) is 11.4. The van der Waals surface area contributed by atoms with Crippen molar-refractivity contribution < 1.29 is 44.2 Å². The average molecular weight is 875 g/mol. The Morgan fingerprint density at radius 2 is 0.984 bits per heavy atom. The van der Waals surface area contributed by atoms with Gasteiger partial charge < -0.3 is 39.4 Å². The van der Waals surface area contributed by atoms with E-state index in [1.54, 1.807) is 0 Å². The van der Waals surface area contributed by atoms with Crippen molar-refractivity contribution in [2.45, 2.75) is 243 Å². The number of unbranched alkanes of at least 4 members (excludes halogenated alkanes) is 22. The highest BCUT2D eigenvalue weighted by molar-refractivity contribution is 5.69. The van der Waals surface area contributed by atoms with Crippen LogP contribution >= 0.6 is 0 Å². The van der Waals surface area contributed by atoms with E-state index in [2.05, 4.69) is 74.6 Å². The van der Waals surface area contributed by atoms with Crippen molar-refractivity contribution in [1.29, 1.82) is 0 Å². The van der Waals surface area contributed by atoms with Crippen molar-refractivity contribution in [2.24, 2.45) is 0 Å². The number of carbonyl (C=O) groups excluding carboxylic acids is 1. The number of esters is 1. The molecule has 0 amide bonds. The van der Waals surface area contributed by atoms with Crippen molar-refractivity contribution in [3.8, 4) is 0 Å². The van der Waals surface area contributed by atoms with Crippen LogP contribution in [0.25, 0.3) is 0 Å². The van der Waals surface area contributed by atoms with Gasteiger partial charge in [0, 0.05) is 13.0 Å². The lowest BCUT2D eigenvalue weighted by molar-refractivity contribution is -0.305. The van der Waals surface area contributed by atoms with E-state index in [0.29, 0.717) is 13.0 Å². The predicted molar refractivity (Wildman–Crippen MR) is 256 cm³/mol. The van der Waals surface area contributed by atoms with Crippen molar-refractivity contribution >= 4 is 5.97 Å². The molecule has 0 saturated carbocycles. The van der Waals surface area contributed by atoms with Gasteiger partial charge in [0.05, 0.1) is 19.8 Å². The maximum Gasteiger partial charge on any atom is 0.306 e. The van der Waals surface area contributed by atoms with E-state index in [1.807, 2.05) is 0 Å². The molecular formula is C53H94O9. The lowest BCUT2D eigenvalue weighted by atomic mass is 9.99. The summed E-state index contributed by atoms with van der Waals surface area (Å²) >= 11 is 0. The molecule has 6 atom stereocenters. The van der Waals surface area contributed by atoms with Crippen molar-refractivity contribution in [2.75, 3.05) is 26.4 Å². The van der Waals surface area contributed by atoms with Crippen LogP contribution in [0.4, 0.5) is 0 Å². The highest BCUT2D eigenvalue weighted by atomic mass is 16.7. The first kappa shape index (κ1) is 57.9. The van der Waals surface area contributed by atoms with Gasteiger partial charge in [-0.15, -0.1) is 0 Å². The molecule has 6 unspecified atom stereocenters. The van der Waals surface area contributed by atoms with Crippen LogP contribution < -0.4 is 0 Å². The molecule has 0 aromatic heterocycles. The molecule has 9 heteroatoms. The van der Waals surface area contributed by atoms with E-state index < -0.39 is 43.4 Å². The Kier molecular flexibility index (Phi) is 41.2. The van der Waals surface area contributed by atoms with Gasteiger partial charge in [-0.1, -0.05) is 184 Å². The molecule has 1 aliphatic rings. The first-order chi connectivity index (χ1) is 30.4. The number of ether oxygens (including phenoxy) is 4. The highest BCUT2D eigenvalue weighted by Gasteiger charge is 2.44. The molecule has 0 bridgehead atoms. The summed E-state index contributed by atoms with van der Waals surface area (Å²) in [5.74, 6) is -0.323. The molecule has 62 heavy (non-hydrogen) atoms. The summed E-state index contributed by atoms with van der Waals surface area (Å²) in [7, 11) is 0. The van der Waals surface area contributed by atoms with Gasteiger partial charge in [-0.2, -0.15) is 0 Å². The minimum atomic E-state index is -1.54. The monoisotopic (exact) mass is 875 g/mol. The Balaban J connectivity index is 2.23. The topological polar surface area (TPSA) is 135 Å². The zero-order chi connectivity index (χ0) is 45.0. The van der Waals surface area contributed by atoms with Crippen molar-refractivity contribution in [3.05, 3.63) is 60.8 Å². The zero-order valence-electron chi connectivity index (χ0n) is 39.6. The Morgan fingerprint density at radius 1 is 0.532 bits per heavy atom. The quantitative estimate of drug-likeness (QED) is 0.0268. The van der Waals surface area contributed by atoms with E-state index >= 15 is 0 Å².